The summed E-state index contributed by atoms with van der Waals surface area (Å²) in [5, 5.41) is 14.6. The second-order valence-corrected chi connectivity index (χ2v) is 2.91. The third kappa shape index (κ3) is 1.71. The molecule has 0 amide bonds. The molecule has 3 heteroatoms. The highest BCUT2D eigenvalue weighted by molar-refractivity contribution is 5.82. The molecule has 0 saturated heterocycles. The van der Waals surface area contributed by atoms with Gasteiger partial charge in [0, 0.05) is 18.5 Å². The van der Waals surface area contributed by atoms with Gasteiger partial charge in [-0.1, -0.05) is 13.8 Å². The molecule has 1 aromatic heterocycles. The van der Waals surface area contributed by atoms with Crippen LogP contribution in [-0.2, 0) is 7.05 Å². The summed E-state index contributed by atoms with van der Waals surface area (Å²) in [5.74, 6) is 0.283. The highest BCUT2D eigenvalue weighted by Crippen LogP contribution is 2.21. The molecular formula is C11H16N2O. The van der Waals surface area contributed by atoms with E-state index in [1.165, 1.54) is 0 Å². The van der Waals surface area contributed by atoms with E-state index in [0.717, 1.165) is 16.6 Å². The molecule has 3 nitrogen and oxygen atoms in total. The molecule has 0 aliphatic rings. The molecule has 1 heterocycles. The Morgan fingerprint density at radius 3 is 2.57 bits per heavy atom. The summed E-state index contributed by atoms with van der Waals surface area (Å²) in [4.78, 5) is 0. The number of rotatable bonds is 0. The Balaban J connectivity index is 0.000000461. The number of aromatic hydroxyl groups is 1. The number of nitrogens with zero attached hydrogens (tertiary/aromatic N) is 2. The minimum Gasteiger partial charge on any atom is -0.508 e. The normalized spacial score (nSPS) is 9.71. The number of hydrogen-bond donors (Lipinski definition) is 1. The first-order valence-electron chi connectivity index (χ1n) is 4.81. The number of aromatic nitrogens is 2. The molecule has 0 aliphatic carbocycles. The zero-order chi connectivity index (χ0) is 10.7. The lowest BCUT2D eigenvalue weighted by atomic mass is 10.2. The van der Waals surface area contributed by atoms with Crippen molar-refractivity contribution in [3.05, 3.63) is 23.9 Å². The molecule has 0 saturated carbocycles. The molecule has 0 atom stereocenters. The fourth-order valence-electron chi connectivity index (χ4n) is 1.43. The van der Waals surface area contributed by atoms with Crippen molar-refractivity contribution in [2.45, 2.75) is 20.8 Å². The van der Waals surface area contributed by atoms with Gasteiger partial charge < -0.3 is 5.11 Å². The Labute approximate surface area is 84.0 Å². The summed E-state index contributed by atoms with van der Waals surface area (Å²) >= 11 is 0. The summed E-state index contributed by atoms with van der Waals surface area (Å²) in [6.07, 6.45) is 0. The quantitative estimate of drug-likeness (QED) is 0.696. The molecule has 76 valence electrons. The lowest BCUT2D eigenvalue weighted by molar-refractivity contribution is 0.476. The van der Waals surface area contributed by atoms with Gasteiger partial charge in [0.05, 0.1) is 11.2 Å². The van der Waals surface area contributed by atoms with Crippen molar-refractivity contribution in [2.24, 2.45) is 7.05 Å². The van der Waals surface area contributed by atoms with E-state index in [1.807, 2.05) is 33.9 Å². The number of hydrogen-bond acceptors (Lipinski definition) is 2. The van der Waals surface area contributed by atoms with Crippen LogP contribution in [0, 0.1) is 6.92 Å². The first-order chi connectivity index (χ1) is 6.68. The van der Waals surface area contributed by atoms with Crippen molar-refractivity contribution in [1.82, 2.24) is 9.78 Å². The van der Waals surface area contributed by atoms with Crippen LogP contribution in [0.3, 0.4) is 0 Å². The van der Waals surface area contributed by atoms with E-state index in [0.29, 0.717) is 0 Å². The molecule has 2 rings (SSSR count). The maximum Gasteiger partial charge on any atom is 0.117 e. The number of aryl methyl sites for hydroxylation is 2. The Bertz CT molecular complexity index is 432. The SMILES string of the molecule is CC.Cc1nn(C)c2cc(O)ccc12. The van der Waals surface area contributed by atoms with Gasteiger partial charge in [-0.05, 0) is 19.1 Å². The van der Waals surface area contributed by atoms with Gasteiger partial charge in [-0.15, -0.1) is 0 Å². The monoisotopic (exact) mass is 192 g/mol. The molecule has 0 spiro atoms. The van der Waals surface area contributed by atoms with Crippen molar-refractivity contribution in [3.63, 3.8) is 0 Å². The van der Waals surface area contributed by atoms with Crippen molar-refractivity contribution < 1.29 is 5.11 Å². The van der Waals surface area contributed by atoms with Crippen LogP contribution in [-0.4, -0.2) is 14.9 Å². The van der Waals surface area contributed by atoms with Crippen LogP contribution < -0.4 is 0 Å². The second kappa shape index (κ2) is 4.13. The summed E-state index contributed by atoms with van der Waals surface area (Å²) < 4.78 is 1.77. The molecule has 14 heavy (non-hydrogen) atoms. The highest BCUT2D eigenvalue weighted by atomic mass is 16.3. The van der Waals surface area contributed by atoms with Crippen molar-refractivity contribution in [2.75, 3.05) is 0 Å². The molecule has 0 aliphatic heterocycles. The van der Waals surface area contributed by atoms with E-state index in [9.17, 15) is 5.11 Å². The van der Waals surface area contributed by atoms with Crippen LogP contribution in [0.1, 0.15) is 19.5 Å². The number of fused-ring (bicyclic) bond motifs is 1. The number of benzene rings is 1. The van der Waals surface area contributed by atoms with E-state index < -0.39 is 0 Å². The van der Waals surface area contributed by atoms with Crippen LogP contribution in [0.4, 0.5) is 0 Å². The molecule has 1 aromatic carbocycles. The maximum absolute atomic E-state index is 9.22. The van der Waals surface area contributed by atoms with Gasteiger partial charge in [-0.25, -0.2) is 0 Å². The first kappa shape index (κ1) is 10.6. The average Bonchev–Trinajstić information content (AvgIpc) is 2.46. The van der Waals surface area contributed by atoms with Gasteiger partial charge >= 0.3 is 0 Å². The number of phenols is 1. The van der Waals surface area contributed by atoms with Crippen molar-refractivity contribution in [3.8, 4) is 5.75 Å². The minimum absolute atomic E-state index is 0.283. The molecule has 0 unspecified atom stereocenters. The predicted molar refractivity (Wildman–Crippen MR) is 58.5 cm³/mol. The smallest absolute Gasteiger partial charge is 0.117 e. The zero-order valence-electron chi connectivity index (χ0n) is 9.07. The molecule has 1 N–H and O–H groups in total. The summed E-state index contributed by atoms with van der Waals surface area (Å²) in [7, 11) is 1.87. The Morgan fingerprint density at radius 2 is 1.93 bits per heavy atom. The van der Waals surface area contributed by atoms with E-state index >= 15 is 0 Å². The molecule has 2 aromatic rings. The molecule has 0 fully saturated rings. The van der Waals surface area contributed by atoms with Crippen LogP contribution in [0.25, 0.3) is 10.9 Å². The Kier molecular flexibility index (Phi) is 3.12. The van der Waals surface area contributed by atoms with Crippen molar-refractivity contribution in [1.29, 1.82) is 0 Å². The predicted octanol–water partition coefficient (Wildman–Crippen LogP) is 2.61. The third-order valence-corrected chi connectivity index (χ3v) is 2.02. The van der Waals surface area contributed by atoms with Gasteiger partial charge in [-0.3, -0.25) is 4.68 Å². The summed E-state index contributed by atoms with van der Waals surface area (Å²) in [6, 6.07) is 5.28. The zero-order valence-corrected chi connectivity index (χ0v) is 9.07. The maximum atomic E-state index is 9.22. The largest absolute Gasteiger partial charge is 0.508 e. The molecule has 0 radical (unpaired) electrons. The standard InChI is InChI=1S/C9H10N2O.C2H6/c1-6-8-4-3-7(12)5-9(8)11(2)10-6;1-2/h3-5,12H,1-2H3;1-2H3. The van der Waals surface area contributed by atoms with E-state index in [1.54, 1.807) is 16.8 Å². The van der Waals surface area contributed by atoms with Crippen LogP contribution >= 0.6 is 0 Å². The minimum atomic E-state index is 0.283. The van der Waals surface area contributed by atoms with Crippen LogP contribution in [0.5, 0.6) is 5.75 Å². The fourth-order valence-corrected chi connectivity index (χ4v) is 1.43. The topological polar surface area (TPSA) is 38.0 Å². The summed E-state index contributed by atoms with van der Waals surface area (Å²) in [6.45, 7) is 5.96. The lowest BCUT2D eigenvalue weighted by Crippen LogP contribution is -1.88. The third-order valence-electron chi connectivity index (χ3n) is 2.02. The van der Waals surface area contributed by atoms with E-state index in [2.05, 4.69) is 5.10 Å². The van der Waals surface area contributed by atoms with E-state index in [-0.39, 0.29) is 5.75 Å². The average molecular weight is 192 g/mol. The molecular weight excluding hydrogens is 176 g/mol. The van der Waals surface area contributed by atoms with Gasteiger partial charge in [0.25, 0.3) is 0 Å². The fraction of sp³-hybridized carbons (Fsp3) is 0.364. The molecule has 0 bridgehead atoms. The van der Waals surface area contributed by atoms with Crippen molar-refractivity contribution >= 4 is 10.9 Å². The Hall–Kier alpha value is -1.51. The van der Waals surface area contributed by atoms with Gasteiger partial charge in [0.15, 0.2) is 0 Å². The highest BCUT2D eigenvalue weighted by Gasteiger charge is 2.03. The van der Waals surface area contributed by atoms with Crippen LogP contribution in [0.2, 0.25) is 0 Å². The first-order valence-corrected chi connectivity index (χ1v) is 4.81. The second-order valence-electron chi connectivity index (χ2n) is 2.91. The lowest BCUT2D eigenvalue weighted by Gasteiger charge is -1.94. The summed E-state index contributed by atoms with van der Waals surface area (Å²) in [5.41, 5.74) is 1.96. The van der Waals surface area contributed by atoms with E-state index in [4.69, 9.17) is 0 Å². The number of phenolic OH excluding ortho intramolecular Hbond substituents is 1. The van der Waals surface area contributed by atoms with Gasteiger partial charge in [-0.2, -0.15) is 5.10 Å². The van der Waals surface area contributed by atoms with Gasteiger partial charge in [0.2, 0.25) is 0 Å². The van der Waals surface area contributed by atoms with Gasteiger partial charge in [0.1, 0.15) is 5.75 Å². The van der Waals surface area contributed by atoms with Crippen LogP contribution in [0.15, 0.2) is 18.2 Å². The Morgan fingerprint density at radius 1 is 1.29 bits per heavy atom.